The van der Waals surface area contributed by atoms with Gasteiger partial charge in [-0.25, -0.2) is 19.3 Å². The fraction of sp³-hybridized carbons (Fsp3) is 0.406. The van der Waals surface area contributed by atoms with Crippen molar-refractivity contribution in [2.75, 3.05) is 45.9 Å². The van der Waals surface area contributed by atoms with E-state index in [-0.39, 0.29) is 22.9 Å². The SMILES string of the molecule is COC(=O)C1=C(C)N(c2cccc(C(F)(F)F)c2)c2n[nH]c(=O)n2[C@@H]1c1ccc(C#N)cc1C[N+](C)(C)CC1CCOCC1.O=C[O-]. The summed E-state index contributed by atoms with van der Waals surface area (Å²) in [6, 6.07) is 10.8. The van der Waals surface area contributed by atoms with Crippen molar-refractivity contribution in [1.82, 2.24) is 14.8 Å². The molecule has 3 aromatic rings. The van der Waals surface area contributed by atoms with E-state index < -0.39 is 35.9 Å². The first-order valence-corrected chi connectivity index (χ1v) is 14.7. The number of ether oxygens (including phenoxy) is 2. The van der Waals surface area contributed by atoms with Gasteiger partial charge in [0.25, 0.3) is 0 Å². The van der Waals surface area contributed by atoms with E-state index >= 15 is 0 Å². The molecule has 0 bridgehead atoms. The van der Waals surface area contributed by atoms with Crippen LogP contribution in [0.1, 0.15) is 48.1 Å². The molecule has 0 radical (unpaired) electrons. The summed E-state index contributed by atoms with van der Waals surface area (Å²) in [6.07, 6.45) is -2.72. The molecule has 3 heterocycles. The Bertz CT molecular complexity index is 1750. The van der Waals surface area contributed by atoms with E-state index in [1.165, 1.54) is 28.7 Å². The number of benzene rings is 2. The molecule has 0 unspecified atom stereocenters. The van der Waals surface area contributed by atoms with Gasteiger partial charge in [-0.15, -0.1) is 5.10 Å². The number of nitrogens with zero attached hydrogens (tertiary/aromatic N) is 5. The summed E-state index contributed by atoms with van der Waals surface area (Å²) < 4.78 is 53.5. The molecular weight excluding hydrogens is 621 g/mol. The number of carboxylic acid groups (broad SMARTS) is 1. The second-order valence-electron chi connectivity index (χ2n) is 11.9. The van der Waals surface area contributed by atoms with Crippen molar-refractivity contribution in [3.05, 3.63) is 86.5 Å². The molecule has 12 nitrogen and oxygen atoms in total. The van der Waals surface area contributed by atoms with Crippen LogP contribution in [0.4, 0.5) is 24.8 Å². The van der Waals surface area contributed by atoms with Gasteiger partial charge in [-0.2, -0.15) is 18.4 Å². The molecular formula is C32H35F3N6O6. The van der Waals surface area contributed by atoms with Crippen molar-refractivity contribution in [3.8, 4) is 6.07 Å². The van der Waals surface area contributed by atoms with Gasteiger partial charge in [0.05, 0.1) is 50.5 Å². The first-order chi connectivity index (χ1) is 22.3. The van der Waals surface area contributed by atoms with Crippen molar-refractivity contribution in [2.45, 2.75) is 38.5 Å². The van der Waals surface area contributed by atoms with Crippen molar-refractivity contribution in [2.24, 2.45) is 5.92 Å². The third-order valence-corrected chi connectivity index (χ3v) is 8.24. The number of aromatic amines is 1. The van der Waals surface area contributed by atoms with Crippen LogP contribution in [0.2, 0.25) is 0 Å². The number of carbonyl (C=O) groups is 2. The molecule has 1 aromatic heterocycles. The molecule has 250 valence electrons. The maximum absolute atomic E-state index is 13.7. The lowest BCUT2D eigenvalue weighted by atomic mass is 9.89. The van der Waals surface area contributed by atoms with Gasteiger partial charge >= 0.3 is 17.8 Å². The summed E-state index contributed by atoms with van der Waals surface area (Å²) in [5.74, 6) is -0.293. The van der Waals surface area contributed by atoms with Gasteiger partial charge in [0.15, 0.2) is 0 Å². The van der Waals surface area contributed by atoms with Crippen LogP contribution in [-0.4, -0.2) is 72.7 Å². The number of halogens is 3. The maximum Gasteiger partial charge on any atom is 0.416 e. The number of anilines is 2. The number of nitriles is 1. The summed E-state index contributed by atoms with van der Waals surface area (Å²) in [4.78, 5) is 36.5. The van der Waals surface area contributed by atoms with Gasteiger partial charge in [0.2, 0.25) is 5.95 Å². The molecule has 1 atom stereocenters. The first-order valence-electron chi connectivity index (χ1n) is 14.7. The number of nitrogens with one attached hydrogen (secondary N) is 1. The normalized spacial score (nSPS) is 16.9. The predicted molar refractivity (Wildman–Crippen MR) is 161 cm³/mol. The number of carbonyl (C=O) groups excluding carboxylic acids is 2. The average molecular weight is 657 g/mol. The van der Waals surface area contributed by atoms with Crippen LogP contribution in [-0.2, 0) is 31.8 Å². The smallest absolute Gasteiger partial charge is 0.416 e. The Balaban J connectivity index is 0.00000160. The quantitative estimate of drug-likeness (QED) is 0.230. The summed E-state index contributed by atoms with van der Waals surface area (Å²) in [5, 5.41) is 24.6. The summed E-state index contributed by atoms with van der Waals surface area (Å²) in [5.41, 5.74) is 0.542. The molecule has 2 aromatic carbocycles. The van der Waals surface area contributed by atoms with E-state index in [2.05, 4.69) is 30.4 Å². The Hall–Kier alpha value is -4.94. The molecule has 1 fully saturated rings. The number of methoxy groups -OCH3 is 1. The fourth-order valence-electron chi connectivity index (χ4n) is 6.31. The highest BCUT2D eigenvalue weighted by molar-refractivity contribution is 5.93. The van der Waals surface area contributed by atoms with Crippen molar-refractivity contribution >= 4 is 24.1 Å². The van der Waals surface area contributed by atoms with Gasteiger partial charge in [-0.05, 0) is 55.7 Å². The second-order valence-corrected chi connectivity index (χ2v) is 11.9. The lowest BCUT2D eigenvalue weighted by Gasteiger charge is -2.38. The first kappa shape index (κ1) is 34.9. The van der Waals surface area contributed by atoms with Crippen LogP contribution in [0.3, 0.4) is 0 Å². The van der Waals surface area contributed by atoms with Crippen LogP contribution in [0.5, 0.6) is 0 Å². The van der Waals surface area contributed by atoms with Crippen LogP contribution in [0.25, 0.3) is 0 Å². The summed E-state index contributed by atoms with van der Waals surface area (Å²) in [7, 11) is 5.38. The third kappa shape index (κ3) is 7.55. The van der Waals surface area contributed by atoms with Gasteiger partial charge in [0.1, 0.15) is 12.6 Å². The molecule has 1 N–H and O–H groups in total. The molecule has 0 amide bonds. The lowest BCUT2D eigenvalue weighted by Crippen LogP contribution is -2.44. The minimum absolute atomic E-state index is 0.00995. The van der Waals surface area contributed by atoms with Crippen LogP contribution in [0.15, 0.2) is 58.5 Å². The molecule has 2 aliphatic rings. The van der Waals surface area contributed by atoms with E-state index in [9.17, 15) is 28.0 Å². The van der Waals surface area contributed by atoms with Gasteiger partial charge < -0.3 is 23.9 Å². The minimum Gasteiger partial charge on any atom is -0.554 e. The molecule has 47 heavy (non-hydrogen) atoms. The van der Waals surface area contributed by atoms with Crippen molar-refractivity contribution in [1.29, 1.82) is 5.26 Å². The molecule has 0 spiro atoms. The second kappa shape index (κ2) is 14.2. The van der Waals surface area contributed by atoms with Crippen LogP contribution >= 0.6 is 0 Å². The van der Waals surface area contributed by atoms with E-state index in [0.29, 0.717) is 41.3 Å². The van der Waals surface area contributed by atoms with Gasteiger partial charge in [0, 0.05) is 42.6 Å². The average Bonchev–Trinajstić information content (AvgIpc) is 3.40. The van der Waals surface area contributed by atoms with E-state index in [4.69, 9.17) is 19.4 Å². The van der Waals surface area contributed by atoms with Crippen LogP contribution < -0.4 is 15.7 Å². The molecule has 2 aliphatic heterocycles. The lowest BCUT2D eigenvalue weighted by molar-refractivity contribution is -0.907. The zero-order valence-electron chi connectivity index (χ0n) is 26.3. The third-order valence-electron chi connectivity index (χ3n) is 8.24. The highest BCUT2D eigenvalue weighted by Crippen LogP contribution is 2.44. The Morgan fingerprint density at radius 2 is 1.91 bits per heavy atom. The molecule has 5 rings (SSSR count). The van der Waals surface area contributed by atoms with Crippen molar-refractivity contribution in [3.63, 3.8) is 0 Å². The van der Waals surface area contributed by atoms with E-state index in [1.807, 2.05) is 0 Å². The summed E-state index contributed by atoms with van der Waals surface area (Å²) >= 11 is 0. The topological polar surface area (TPSA) is 153 Å². The summed E-state index contributed by atoms with van der Waals surface area (Å²) in [6.45, 7) is 3.83. The number of aromatic nitrogens is 3. The maximum atomic E-state index is 13.7. The zero-order chi connectivity index (χ0) is 34.5. The standard InChI is InChI=1S/C31H33F3N6O4.CH2O2/c1-19-26(28(41)43-4)27(39-29(36-37-30(39)42)38(19)24-7-5-6-23(15-24)31(32,33)34)25-9-8-21(16-35)14-22(25)18-40(2,3)17-20-10-12-44-13-11-20;2-1-3/h5-9,14-15,20,27H,10-13,17-18H2,1-4H3;1H,(H,2,3)/t27-;/m1./s1. The Labute approximate surface area is 268 Å². The number of H-pyrrole nitrogens is 1. The van der Waals surface area contributed by atoms with Crippen molar-refractivity contribution < 1.29 is 41.8 Å². The Kier molecular flexibility index (Phi) is 10.6. The van der Waals surface area contributed by atoms with E-state index in [0.717, 1.165) is 37.1 Å². The molecule has 1 saturated heterocycles. The highest BCUT2D eigenvalue weighted by atomic mass is 19.4. The van der Waals surface area contributed by atoms with Gasteiger partial charge in [-0.3, -0.25) is 4.90 Å². The predicted octanol–water partition coefficient (Wildman–Crippen LogP) is 3.02. The number of hydrogen-bond acceptors (Lipinski definition) is 9. The number of quaternary nitrogens is 1. The molecule has 0 aliphatic carbocycles. The number of allylic oxidation sites excluding steroid dienone is 1. The minimum atomic E-state index is -4.62. The fourth-order valence-corrected chi connectivity index (χ4v) is 6.31. The number of hydrogen-bond donors (Lipinski definition) is 1. The zero-order valence-corrected chi connectivity index (χ0v) is 26.3. The molecule has 15 heteroatoms. The number of rotatable bonds is 7. The Morgan fingerprint density at radius 1 is 1.23 bits per heavy atom. The molecule has 0 saturated carbocycles. The number of fused-ring (bicyclic) bond motifs is 1. The monoisotopic (exact) mass is 656 g/mol. The van der Waals surface area contributed by atoms with Crippen LogP contribution in [0, 0.1) is 17.2 Å². The van der Waals surface area contributed by atoms with E-state index in [1.54, 1.807) is 25.1 Å². The number of alkyl halides is 3. The highest BCUT2D eigenvalue weighted by Gasteiger charge is 2.41. The van der Waals surface area contributed by atoms with Gasteiger partial charge in [-0.1, -0.05) is 12.1 Å². The largest absolute Gasteiger partial charge is 0.554 e. The number of esters is 1. The Morgan fingerprint density at radius 3 is 2.53 bits per heavy atom.